The standard InChI is InChI=1S/C22H18BrN3/c1-15-10-18(23)13-19(11-15)26-22-21-5-3-2-4-20(21)17(14-25-22)12-16-6-8-24-9-7-16/h2-11,13-14H,12H2,1H3,(H,25,26). The van der Waals surface area contributed by atoms with Crippen LogP contribution >= 0.6 is 15.9 Å². The van der Waals surface area contributed by atoms with Crippen LogP contribution in [0.25, 0.3) is 10.8 Å². The smallest absolute Gasteiger partial charge is 0.138 e. The maximum absolute atomic E-state index is 4.72. The van der Waals surface area contributed by atoms with Crippen molar-refractivity contribution in [2.45, 2.75) is 13.3 Å². The lowest BCUT2D eigenvalue weighted by atomic mass is 10.0. The highest BCUT2D eigenvalue weighted by Crippen LogP contribution is 2.29. The van der Waals surface area contributed by atoms with Gasteiger partial charge in [-0.2, -0.15) is 0 Å². The molecule has 128 valence electrons. The molecule has 4 heteroatoms. The summed E-state index contributed by atoms with van der Waals surface area (Å²) < 4.78 is 1.05. The molecule has 0 atom stereocenters. The Labute approximate surface area is 161 Å². The zero-order valence-corrected chi connectivity index (χ0v) is 16.0. The van der Waals surface area contributed by atoms with E-state index in [1.165, 1.54) is 22.1 Å². The molecule has 2 aromatic carbocycles. The van der Waals surface area contributed by atoms with Crippen molar-refractivity contribution in [3.8, 4) is 0 Å². The monoisotopic (exact) mass is 403 g/mol. The second-order valence-corrected chi connectivity index (χ2v) is 7.27. The Bertz CT molecular complexity index is 1040. The summed E-state index contributed by atoms with van der Waals surface area (Å²) in [5.74, 6) is 0.872. The van der Waals surface area contributed by atoms with E-state index in [-0.39, 0.29) is 0 Å². The van der Waals surface area contributed by atoms with Crippen LogP contribution < -0.4 is 5.32 Å². The van der Waals surface area contributed by atoms with Gasteiger partial charge in [-0.3, -0.25) is 4.98 Å². The van der Waals surface area contributed by atoms with E-state index in [1.54, 1.807) is 0 Å². The molecular weight excluding hydrogens is 386 g/mol. The molecule has 0 spiro atoms. The van der Waals surface area contributed by atoms with Gasteiger partial charge in [0, 0.05) is 34.1 Å². The third-order valence-electron chi connectivity index (χ3n) is 4.33. The van der Waals surface area contributed by atoms with Gasteiger partial charge in [0.2, 0.25) is 0 Å². The number of aryl methyl sites for hydroxylation is 1. The van der Waals surface area contributed by atoms with E-state index < -0.39 is 0 Å². The molecule has 0 bridgehead atoms. The first-order valence-electron chi connectivity index (χ1n) is 8.49. The number of halogens is 1. The van der Waals surface area contributed by atoms with Crippen molar-refractivity contribution in [1.82, 2.24) is 9.97 Å². The summed E-state index contributed by atoms with van der Waals surface area (Å²) in [6, 6.07) is 18.8. The predicted molar refractivity (Wildman–Crippen MR) is 111 cm³/mol. The SMILES string of the molecule is Cc1cc(Br)cc(Nc2ncc(Cc3ccncc3)c3ccccc23)c1. The van der Waals surface area contributed by atoms with Gasteiger partial charge in [-0.1, -0.05) is 40.2 Å². The number of anilines is 2. The van der Waals surface area contributed by atoms with E-state index in [2.05, 4.69) is 75.6 Å². The van der Waals surface area contributed by atoms with Gasteiger partial charge in [-0.05, 0) is 65.8 Å². The van der Waals surface area contributed by atoms with Gasteiger partial charge >= 0.3 is 0 Å². The lowest BCUT2D eigenvalue weighted by Crippen LogP contribution is -1.98. The number of benzene rings is 2. The highest BCUT2D eigenvalue weighted by molar-refractivity contribution is 9.10. The molecular formula is C22H18BrN3. The summed E-state index contributed by atoms with van der Waals surface area (Å²) in [7, 11) is 0. The summed E-state index contributed by atoms with van der Waals surface area (Å²) in [6.07, 6.45) is 6.47. The fourth-order valence-corrected chi connectivity index (χ4v) is 3.77. The summed E-state index contributed by atoms with van der Waals surface area (Å²) in [4.78, 5) is 8.81. The Kier molecular flexibility index (Phi) is 4.67. The van der Waals surface area contributed by atoms with E-state index in [9.17, 15) is 0 Å². The summed E-state index contributed by atoms with van der Waals surface area (Å²) in [5.41, 5.74) is 4.66. The predicted octanol–water partition coefficient (Wildman–Crippen LogP) is 6.04. The van der Waals surface area contributed by atoms with Crippen LogP contribution in [-0.4, -0.2) is 9.97 Å². The highest BCUT2D eigenvalue weighted by Gasteiger charge is 2.09. The van der Waals surface area contributed by atoms with E-state index in [4.69, 9.17) is 4.98 Å². The summed E-state index contributed by atoms with van der Waals surface area (Å²) in [5, 5.41) is 5.81. The second-order valence-electron chi connectivity index (χ2n) is 6.35. The Morgan fingerprint density at radius 1 is 0.962 bits per heavy atom. The first kappa shape index (κ1) is 16.7. The minimum absolute atomic E-state index is 0.840. The van der Waals surface area contributed by atoms with E-state index in [1.807, 2.05) is 30.7 Å². The zero-order valence-electron chi connectivity index (χ0n) is 14.4. The largest absolute Gasteiger partial charge is 0.340 e. The molecule has 0 amide bonds. The van der Waals surface area contributed by atoms with Crippen LogP contribution in [0, 0.1) is 6.92 Å². The maximum Gasteiger partial charge on any atom is 0.138 e. The van der Waals surface area contributed by atoms with Gasteiger partial charge in [0.1, 0.15) is 5.82 Å². The Morgan fingerprint density at radius 3 is 2.50 bits per heavy atom. The van der Waals surface area contributed by atoms with Crippen molar-refractivity contribution in [3.05, 3.63) is 94.4 Å². The number of nitrogens with zero attached hydrogens (tertiary/aromatic N) is 2. The molecule has 0 radical (unpaired) electrons. The van der Waals surface area contributed by atoms with Crippen molar-refractivity contribution in [2.75, 3.05) is 5.32 Å². The molecule has 3 nitrogen and oxygen atoms in total. The first-order chi connectivity index (χ1) is 12.7. The van der Waals surface area contributed by atoms with Crippen LogP contribution in [0.2, 0.25) is 0 Å². The third kappa shape index (κ3) is 3.60. The molecule has 2 aromatic heterocycles. The highest BCUT2D eigenvalue weighted by atomic mass is 79.9. The van der Waals surface area contributed by atoms with Gasteiger partial charge < -0.3 is 5.32 Å². The van der Waals surface area contributed by atoms with Crippen molar-refractivity contribution < 1.29 is 0 Å². The molecule has 0 aliphatic carbocycles. The van der Waals surface area contributed by atoms with Crippen molar-refractivity contribution in [3.63, 3.8) is 0 Å². The van der Waals surface area contributed by atoms with Gasteiger partial charge in [0.05, 0.1) is 0 Å². The molecule has 4 rings (SSSR count). The quantitative estimate of drug-likeness (QED) is 0.451. The fraction of sp³-hybridized carbons (Fsp3) is 0.0909. The molecule has 0 fully saturated rings. The van der Waals surface area contributed by atoms with Gasteiger partial charge in [0.15, 0.2) is 0 Å². The first-order valence-corrected chi connectivity index (χ1v) is 9.28. The van der Waals surface area contributed by atoms with Gasteiger partial charge in [0.25, 0.3) is 0 Å². The molecule has 4 aromatic rings. The summed E-state index contributed by atoms with van der Waals surface area (Å²) >= 11 is 3.56. The average molecular weight is 404 g/mol. The van der Waals surface area contributed by atoms with Crippen LogP contribution in [0.1, 0.15) is 16.7 Å². The van der Waals surface area contributed by atoms with E-state index in [0.29, 0.717) is 0 Å². The molecule has 0 saturated heterocycles. The van der Waals surface area contributed by atoms with Crippen LogP contribution in [0.15, 0.2) is 77.7 Å². The summed E-state index contributed by atoms with van der Waals surface area (Å²) in [6.45, 7) is 2.08. The molecule has 26 heavy (non-hydrogen) atoms. The number of aromatic nitrogens is 2. The lowest BCUT2D eigenvalue weighted by molar-refractivity contribution is 1.15. The molecule has 2 heterocycles. The maximum atomic E-state index is 4.72. The van der Waals surface area contributed by atoms with E-state index >= 15 is 0 Å². The van der Waals surface area contributed by atoms with Crippen molar-refractivity contribution in [1.29, 1.82) is 0 Å². The number of pyridine rings is 2. The molecule has 0 saturated carbocycles. The third-order valence-corrected chi connectivity index (χ3v) is 4.78. The normalized spacial score (nSPS) is 10.8. The average Bonchev–Trinajstić information content (AvgIpc) is 2.64. The van der Waals surface area contributed by atoms with Crippen LogP contribution in [0.5, 0.6) is 0 Å². The Morgan fingerprint density at radius 2 is 1.73 bits per heavy atom. The molecule has 0 unspecified atom stereocenters. The fourth-order valence-electron chi connectivity index (χ4n) is 3.16. The van der Waals surface area contributed by atoms with Crippen LogP contribution in [0.3, 0.4) is 0 Å². The van der Waals surface area contributed by atoms with Crippen molar-refractivity contribution in [2.24, 2.45) is 0 Å². The van der Waals surface area contributed by atoms with Gasteiger partial charge in [-0.15, -0.1) is 0 Å². The van der Waals surface area contributed by atoms with E-state index in [0.717, 1.165) is 27.8 Å². The zero-order chi connectivity index (χ0) is 17.9. The Balaban J connectivity index is 1.74. The molecule has 0 aliphatic rings. The van der Waals surface area contributed by atoms with Crippen LogP contribution in [0.4, 0.5) is 11.5 Å². The Hall–Kier alpha value is -2.72. The lowest BCUT2D eigenvalue weighted by Gasteiger charge is -2.13. The molecule has 1 N–H and O–H groups in total. The number of fused-ring (bicyclic) bond motifs is 1. The number of hydrogen-bond donors (Lipinski definition) is 1. The van der Waals surface area contributed by atoms with Crippen LogP contribution in [-0.2, 0) is 6.42 Å². The van der Waals surface area contributed by atoms with Crippen molar-refractivity contribution >= 4 is 38.2 Å². The topological polar surface area (TPSA) is 37.8 Å². The number of rotatable bonds is 4. The number of hydrogen-bond acceptors (Lipinski definition) is 3. The van der Waals surface area contributed by atoms with Gasteiger partial charge in [-0.25, -0.2) is 4.98 Å². The minimum atomic E-state index is 0.840. The number of nitrogens with one attached hydrogen (secondary N) is 1. The minimum Gasteiger partial charge on any atom is -0.340 e. The second kappa shape index (κ2) is 7.26. The molecule has 0 aliphatic heterocycles.